The topological polar surface area (TPSA) is 151 Å². The highest BCUT2D eigenvalue weighted by Crippen LogP contribution is 2.37. The molecule has 0 aliphatic carbocycles. The summed E-state index contributed by atoms with van der Waals surface area (Å²) in [5, 5.41) is 9.69. The van der Waals surface area contributed by atoms with E-state index in [-0.39, 0.29) is 47.6 Å². The van der Waals surface area contributed by atoms with Crippen LogP contribution in [0.4, 0.5) is 24.7 Å². The molecular formula is C27H30ClF3N8O4. The molecule has 0 aliphatic heterocycles. The molecular weight excluding hydrogens is 593 g/mol. The molecule has 0 aliphatic rings. The smallest absolute Gasteiger partial charge is 0.435 e. The number of ether oxygens (including phenoxy) is 2. The number of anilines is 2. The molecule has 1 aromatic carbocycles. The first-order valence-corrected chi connectivity index (χ1v) is 13.8. The van der Waals surface area contributed by atoms with Gasteiger partial charge in [-0.15, -0.1) is 11.6 Å². The van der Waals surface area contributed by atoms with E-state index in [0.29, 0.717) is 44.0 Å². The van der Waals surface area contributed by atoms with Gasteiger partial charge in [-0.25, -0.2) is 9.97 Å². The molecule has 3 aromatic heterocycles. The third-order valence-corrected chi connectivity index (χ3v) is 6.76. The summed E-state index contributed by atoms with van der Waals surface area (Å²) in [7, 11) is 0. The fourth-order valence-corrected chi connectivity index (χ4v) is 4.59. The normalized spacial score (nSPS) is 12.3. The van der Waals surface area contributed by atoms with Gasteiger partial charge in [-0.3, -0.25) is 18.7 Å². The summed E-state index contributed by atoms with van der Waals surface area (Å²) in [6.07, 6.45) is 1.17. The number of nitrogens with two attached hydrogens (primary N) is 1. The second-order valence-electron chi connectivity index (χ2n) is 9.23. The van der Waals surface area contributed by atoms with Gasteiger partial charge in [0.15, 0.2) is 17.2 Å². The lowest BCUT2D eigenvalue weighted by Crippen LogP contribution is -2.28. The van der Waals surface area contributed by atoms with Gasteiger partial charge in [0.2, 0.25) is 0 Å². The maximum absolute atomic E-state index is 14.0. The van der Waals surface area contributed by atoms with E-state index >= 15 is 0 Å². The molecule has 4 rings (SSSR count). The van der Waals surface area contributed by atoms with Crippen LogP contribution in [0.3, 0.4) is 0 Å². The Hall–Kier alpha value is -4.21. The average Bonchev–Trinajstić information content (AvgIpc) is 3.63. The third-order valence-electron chi connectivity index (χ3n) is 6.40. The zero-order valence-electron chi connectivity index (χ0n) is 23.1. The number of hydrogen-bond acceptors (Lipinski definition) is 9. The van der Waals surface area contributed by atoms with Crippen molar-refractivity contribution in [3.05, 3.63) is 59.8 Å². The van der Waals surface area contributed by atoms with Crippen molar-refractivity contribution in [1.82, 2.24) is 29.5 Å². The number of nitrogens with zero attached hydrogens (tertiary/aromatic N) is 5. The highest BCUT2D eigenvalue weighted by atomic mass is 35.5. The monoisotopic (exact) mass is 622 g/mol. The molecule has 4 N–H and O–H groups in total. The highest BCUT2D eigenvalue weighted by Gasteiger charge is 2.39. The molecule has 1 atom stereocenters. The van der Waals surface area contributed by atoms with Crippen LogP contribution in [0, 0.1) is 0 Å². The predicted molar refractivity (Wildman–Crippen MR) is 152 cm³/mol. The molecule has 0 fully saturated rings. The second-order valence-corrected chi connectivity index (χ2v) is 9.54. The number of carbonyl (C=O) groups is 2. The van der Waals surface area contributed by atoms with Crippen LogP contribution >= 0.6 is 11.6 Å². The molecule has 0 spiro atoms. The Kier molecular flexibility index (Phi) is 10.6. The quantitative estimate of drug-likeness (QED) is 0.103. The molecule has 16 heteroatoms. The summed E-state index contributed by atoms with van der Waals surface area (Å²) in [5.74, 6) is -0.0992. The molecule has 0 radical (unpaired) electrons. The Balaban J connectivity index is 1.62. The molecule has 4 aromatic rings. The number of aryl methyl sites for hydroxylation is 1. The Morgan fingerprint density at radius 1 is 1.26 bits per heavy atom. The Bertz CT molecular complexity index is 1560. The van der Waals surface area contributed by atoms with E-state index in [1.54, 1.807) is 18.2 Å². The molecule has 12 nitrogen and oxygen atoms in total. The summed E-state index contributed by atoms with van der Waals surface area (Å²) >= 11 is 5.92. The number of benzene rings is 1. The van der Waals surface area contributed by atoms with Crippen LogP contribution in [0.25, 0.3) is 16.9 Å². The van der Waals surface area contributed by atoms with Crippen molar-refractivity contribution in [3.8, 4) is 11.3 Å². The van der Waals surface area contributed by atoms with Crippen LogP contribution in [-0.2, 0) is 26.9 Å². The lowest BCUT2D eigenvalue weighted by molar-refractivity contribution is -0.141. The molecule has 3 heterocycles. The first-order valence-electron chi connectivity index (χ1n) is 13.3. The van der Waals surface area contributed by atoms with Crippen LogP contribution in [-0.4, -0.2) is 75.3 Å². The van der Waals surface area contributed by atoms with Gasteiger partial charge in [-0.1, -0.05) is 6.92 Å². The summed E-state index contributed by atoms with van der Waals surface area (Å²) < 4.78 is 54.6. The summed E-state index contributed by atoms with van der Waals surface area (Å²) in [5.41, 5.74) is 6.26. The van der Waals surface area contributed by atoms with Gasteiger partial charge in [0, 0.05) is 48.8 Å². The molecule has 230 valence electrons. The van der Waals surface area contributed by atoms with Crippen LogP contribution in [0.15, 0.2) is 43.0 Å². The number of rotatable bonds is 15. The van der Waals surface area contributed by atoms with Gasteiger partial charge in [-0.2, -0.15) is 18.3 Å². The Labute approximate surface area is 249 Å². The van der Waals surface area contributed by atoms with Gasteiger partial charge >= 0.3 is 6.18 Å². The van der Waals surface area contributed by atoms with Crippen molar-refractivity contribution in [2.45, 2.75) is 25.6 Å². The zero-order chi connectivity index (χ0) is 31.0. The fraction of sp³-hybridized carbons (Fsp3) is 0.370. The van der Waals surface area contributed by atoms with Gasteiger partial charge in [-0.05, 0) is 30.2 Å². The number of fused-ring (bicyclic) bond motifs is 1. The fourth-order valence-electron chi connectivity index (χ4n) is 4.36. The summed E-state index contributed by atoms with van der Waals surface area (Å²) in [4.78, 5) is 32.0. The van der Waals surface area contributed by atoms with Crippen LogP contribution < -0.4 is 16.4 Å². The van der Waals surface area contributed by atoms with Crippen molar-refractivity contribution in [1.29, 1.82) is 0 Å². The van der Waals surface area contributed by atoms with E-state index in [4.69, 9.17) is 26.8 Å². The number of carbonyl (C=O) groups excluding carboxylic acids is 2. The number of halogens is 4. The Morgan fingerprint density at radius 3 is 2.77 bits per heavy atom. The number of alkyl halides is 4. The molecule has 0 saturated carbocycles. The molecule has 1 unspecified atom stereocenters. The van der Waals surface area contributed by atoms with Gasteiger partial charge in [0.25, 0.3) is 12.4 Å². The number of aromatic nitrogens is 5. The minimum Gasteiger partial charge on any atom is -0.466 e. The summed E-state index contributed by atoms with van der Waals surface area (Å²) in [6, 6.07) is 4.36. The molecule has 0 bridgehead atoms. The molecule has 43 heavy (non-hydrogen) atoms. The summed E-state index contributed by atoms with van der Waals surface area (Å²) in [6.45, 7) is 3.35. The maximum Gasteiger partial charge on any atom is 0.435 e. The van der Waals surface area contributed by atoms with Gasteiger partial charge in [0.05, 0.1) is 36.7 Å². The highest BCUT2D eigenvalue weighted by molar-refractivity contribution is 6.18. The number of hydrogen-bond donors (Lipinski definition) is 3. The van der Waals surface area contributed by atoms with E-state index in [1.807, 2.05) is 6.92 Å². The average molecular weight is 623 g/mol. The largest absolute Gasteiger partial charge is 0.466 e. The van der Waals surface area contributed by atoms with Gasteiger partial charge in [0.1, 0.15) is 6.61 Å². The van der Waals surface area contributed by atoms with Crippen LogP contribution in [0.1, 0.15) is 34.6 Å². The van der Waals surface area contributed by atoms with Crippen LogP contribution in [0.2, 0.25) is 0 Å². The van der Waals surface area contributed by atoms with Crippen molar-refractivity contribution >= 4 is 41.1 Å². The first-order chi connectivity index (χ1) is 20.7. The minimum absolute atomic E-state index is 0.111. The van der Waals surface area contributed by atoms with Gasteiger partial charge < -0.3 is 25.8 Å². The molecule has 1 amide bonds. The standard InChI is InChI=1S/C27H30ClF3N8O4/c1-2-17-11-18(3-4-20(17)26(41)34-7-10-42-9-5-32)36-24-25-35-13-22(38(25)8-6-33-24)21-14-39(19(12-28)15-43-16-40)37-23(21)27(29,30)31/h3-4,6,8,11,13-14,16,19H,2,5,7,9-10,12,15,32H2,1H3,(H,33,36)(H,34,41). The molecule has 0 saturated heterocycles. The zero-order valence-corrected chi connectivity index (χ0v) is 23.9. The van der Waals surface area contributed by atoms with Crippen LogP contribution in [0.5, 0.6) is 0 Å². The van der Waals surface area contributed by atoms with Crippen molar-refractivity contribution in [2.75, 3.05) is 44.1 Å². The SMILES string of the molecule is CCc1cc(Nc2nccn3c(-c4cn(C(CCl)COC=O)nc4C(F)(F)F)cnc23)ccc1C(=O)NCCOCCN. The van der Waals surface area contributed by atoms with Crippen molar-refractivity contribution < 1.29 is 32.2 Å². The Morgan fingerprint density at radius 2 is 2.07 bits per heavy atom. The lowest BCUT2D eigenvalue weighted by atomic mass is 10.0. The second kappa shape index (κ2) is 14.3. The van der Waals surface area contributed by atoms with E-state index in [0.717, 1.165) is 10.2 Å². The number of amides is 1. The van der Waals surface area contributed by atoms with E-state index < -0.39 is 17.9 Å². The first kappa shape index (κ1) is 31.7. The van der Waals surface area contributed by atoms with Crippen molar-refractivity contribution in [3.63, 3.8) is 0 Å². The lowest BCUT2D eigenvalue weighted by Gasteiger charge is -2.13. The minimum atomic E-state index is -4.79. The maximum atomic E-state index is 14.0. The van der Waals surface area contributed by atoms with E-state index in [1.165, 1.54) is 29.2 Å². The van der Waals surface area contributed by atoms with E-state index in [9.17, 15) is 22.8 Å². The predicted octanol–water partition coefficient (Wildman–Crippen LogP) is 3.58. The third kappa shape index (κ3) is 7.42. The van der Waals surface area contributed by atoms with Crippen molar-refractivity contribution in [2.24, 2.45) is 5.73 Å². The van der Waals surface area contributed by atoms with E-state index in [2.05, 4.69) is 25.7 Å². The number of imidazole rings is 1. The number of nitrogens with one attached hydrogen (secondary N) is 2.